The van der Waals surface area contributed by atoms with Gasteiger partial charge in [-0.1, -0.05) is 17.7 Å². The van der Waals surface area contributed by atoms with Crippen LogP contribution >= 0.6 is 22.9 Å². The van der Waals surface area contributed by atoms with Gasteiger partial charge in [-0.05, 0) is 25.0 Å². The maximum atomic E-state index is 13.8. The molecule has 5 rings (SSSR count). The van der Waals surface area contributed by atoms with Crippen LogP contribution in [-0.4, -0.2) is 70.7 Å². The minimum atomic E-state index is -1.16. The summed E-state index contributed by atoms with van der Waals surface area (Å²) in [5.74, 6) is -1.26. The van der Waals surface area contributed by atoms with Gasteiger partial charge in [0.05, 0.1) is 18.8 Å². The highest BCUT2D eigenvalue weighted by Gasteiger charge is 2.41. The van der Waals surface area contributed by atoms with Gasteiger partial charge < -0.3 is 26.2 Å². The number of morpholine rings is 1. The van der Waals surface area contributed by atoms with Crippen molar-refractivity contribution in [2.24, 2.45) is 10.7 Å². The lowest BCUT2D eigenvalue weighted by Crippen LogP contribution is -2.62. The summed E-state index contributed by atoms with van der Waals surface area (Å²) in [6.07, 6.45) is 2.88. The normalized spacial score (nSPS) is 26.2. The largest absolute Gasteiger partial charge is 0.478 e. The molecule has 1 aromatic carbocycles. The highest BCUT2D eigenvalue weighted by atomic mass is 35.5. The Morgan fingerprint density at radius 2 is 2.08 bits per heavy atom. The van der Waals surface area contributed by atoms with E-state index in [2.05, 4.69) is 25.5 Å². The number of urea groups is 1. The second-order valence-electron chi connectivity index (χ2n) is 8.90. The number of carboxylic acid groups (broad SMARTS) is 1. The molecule has 2 aromatic rings. The minimum Gasteiger partial charge on any atom is -0.478 e. The lowest BCUT2D eigenvalue weighted by atomic mass is 9.89. The van der Waals surface area contributed by atoms with Gasteiger partial charge in [0, 0.05) is 52.5 Å². The number of carbonyl (C=O) groups excluding carboxylic acids is 1. The number of hydrogen-bond acceptors (Lipinski definition) is 8. The van der Waals surface area contributed by atoms with Gasteiger partial charge in [-0.25, -0.2) is 19.0 Å². The fourth-order valence-corrected chi connectivity index (χ4v) is 5.98. The average molecular weight is 535 g/mol. The molecule has 1 aromatic heterocycles. The predicted octanol–water partition coefficient (Wildman–Crippen LogP) is 2.27. The van der Waals surface area contributed by atoms with E-state index in [1.54, 1.807) is 11.6 Å². The van der Waals surface area contributed by atoms with E-state index in [1.165, 1.54) is 23.5 Å². The Morgan fingerprint density at radius 1 is 1.33 bits per heavy atom. The molecule has 0 aliphatic carbocycles. The molecule has 4 heterocycles. The molecular formula is C23H24ClFN6O4S. The highest BCUT2D eigenvalue weighted by Crippen LogP contribution is 2.37. The number of carbonyl (C=O) groups is 2. The summed E-state index contributed by atoms with van der Waals surface area (Å²) in [5.41, 5.74) is 6.20. The maximum Gasteiger partial charge on any atom is 0.335 e. The molecule has 0 radical (unpaired) electrons. The molecule has 2 fully saturated rings. The van der Waals surface area contributed by atoms with E-state index < -0.39 is 23.9 Å². The van der Waals surface area contributed by atoms with Crippen LogP contribution in [0.3, 0.4) is 0 Å². The summed E-state index contributed by atoms with van der Waals surface area (Å²) >= 11 is 7.71. The van der Waals surface area contributed by atoms with Crippen LogP contribution in [0.4, 0.5) is 9.18 Å². The van der Waals surface area contributed by atoms with Crippen LogP contribution < -0.4 is 16.4 Å². The van der Waals surface area contributed by atoms with Crippen LogP contribution in [-0.2, 0) is 9.53 Å². The number of piperidine rings is 1. The first kappa shape index (κ1) is 24.6. The summed E-state index contributed by atoms with van der Waals surface area (Å²) in [5, 5.41) is 18.7. The number of amides is 2. The second-order valence-corrected chi connectivity index (χ2v) is 10.2. The molecule has 190 valence electrons. The minimum absolute atomic E-state index is 0.0280. The number of thiazole rings is 1. The monoisotopic (exact) mass is 534 g/mol. The zero-order valence-electron chi connectivity index (χ0n) is 19.0. The molecule has 36 heavy (non-hydrogen) atoms. The number of benzene rings is 1. The Balaban J connectivity index is 1.53. The van der Waals surface area contributed by atoms with E-state index in [4.69, 9.17) is 22.1 Å². The van der Waals surface area contributed by atoms with E-state index in [-0.39, 0.29) is 35.3 Å². The number of carboxylic acids is 1. The van der Waals surface area contributed by atoms with Gasteiger partial charge in [0.15, 0.2) is 10.8 Å². The second kappa shape index (κ2) is 10.1. The van der Waals surface area contributed by atoms with Crippen LogP contribution in [0.1, 0.15) is 29.5 Å². The molecule has 10 nitrogen and oxygen atoms in total. The van der Waals surface area contributed by atoms with E-state index in [1.807, 2.05) is 0 Å². The van der Waals surface area contributed by atoms with Gasteiger partial charge in [0.2, 0.25) is 0 Å². The standard InChI is InChI=1S/C23H24ClFN6O4S/c24-16-5-11(25)1-2-15(16)19-18(22(32)33)17(29-20(30-19)21-27-3-4-36-21)8-31-13-6-12(28-23(26)34)7-14(31)10-35-9-13/h1-5,12-14,19H,6-10H2,(H,29,30)(H,32,33)(H3,26,28,34)/t12-,13-,14+,19-/m0/s1. The Hall–Kier alpha value is -3.06. The molecule has 3 aliphatic rings. The number of aliphatic carboxylic acids is 1. The van der Waals surface area contributed by atoms with Gasteiger partial charge in [0.1, 0.15) is 11.9 Å². The van der Waals surface area contributed by atoms with E-state index >= 15 is 0 Å². The third-order valence-electron chi connectivity index (χ3n) is 6.61. The molecule has 4 atom stereocenters. The van der Waals surface area contributed by atoms with Crippen molar-refractivity contribution in [2.45, 2.75) is 37.0 Å². The highest BCUT2D eigenvalue weighted by molar-refractivity contribution is 7.11. The van der Waals surface area contributed by atoms with Gasteiger partial charge in [-0.15, -0.1) is 11.3 Å². The van der Waals surface area contributed by atoms with Crippen molar-refractivity contribution in [1.29, 1.82) is 0 Å². The quantitative estimate of drug-likeness (QED) is 0.445. The number of ether oxygens (including phenoxy) is 1. The number of amidine groups is 1. The molecule has 0 saturated carbocycles. The van der Waals surface area contributed by atoms with Crippen molar-refractivity contribution >= 4 is 40.8 Å². The first-order valence-electron chi connectivity index (χ1n) is 11.4. The van der Waals surface area contributed by atoms with Crippen molar-refractivity contribution in [1.82, 2.24) is 20.5 Å². The molecule has 5 N–H and O–H groups in total. The van der Waals surface area contributed by atoms with Crippen molar-refractivity contribution < 1.29 is 23.8 Å². The number of nitrogens with two attached hydrogens (primary N) is 1. The first-order chi connectivity index (χ1) is 17.3. The molecule has 2 saturated heterocycles. The van der Waals surface area contributed by atoms with Crippen LogP contribution in [0.25, 0.3) is 0 Å². The molecular weight excluding hydrogens is 511 g/mol. The molecule has 3 aliphatic heterocycles. The molecule has 13 heteroatoms. The van der Waals surface area contributed by atoms with E-state index in [0.29, 0.717) is 48.2 Å². The Morgan fingerprint density at radius 3 is 2.69 bits per heavy atom. The first-order valence-corrected chi connectivity index (χ1v) is 12.6. The van der Waals surface area contributed by atoms with Gasteiger partial charge >= 0.3 is 12.0 Å². The number of aromatic nitrogens is 1. The lowest BCUT2D eigenvalue weighted by Gasteiger charge is -2.49. The zero-order valence-corrected chi connectivity index (χ0v) is 20.6. The summed E-state index contributed by atoms with van der Waals surface area (Å²) in [6.45, 7) is 1.18. The molecule has 2 bridgehead atoms. The van der Waals surface area contributed by atoms with Crippen LogP contribution in [0.2, 0.25) is 5.02 Å². The van der Waals surface area contributed by atoms with Gasteiger partial charge in [-0.3, -0.25) is 9.89 Å². The summed E-state index contributed by atoms with van der Waals surface area (Å²) < 4.78 is 19.5. The number of halogens is 2. The average Bonchev–Trinajstić information content (AvgIpc) is 3.33. The Bertz CT molecular complexity index is 1230. The lowest BCUT2D eigenvalue weighted by molar-refractivity contribution is -0.133. The third kappa shape index (κ3) is 4.94. The fourth-order valence-electron chi connectivity index (χ4n) is 5.12. The molecule has 2 amide bonds. The summed E-state index contributed by atoms with van der Waals surface area (Å²) in [7, 11) is 0. The van der Waals surface area contributed by atoms with Crippen LogP contribution in [0.15, 0.2) is 46.0 Å². The SMILES string of the molecule is NC(=O)N[C@H]1C[C@H]2COC[C@@H](C1)N2CC1=C(C(=O)O)[C@H](c2ccc(F)cc2Cl)N=C(c2nccs2)N1. The smallest absolute Gasteiger partial charge is 0.335 e. The zero-order chi connectivity index (χ0) is 25.4. The van der Waals surface area contributed by atoms with E-state index in [0.717, 1.165) is 6.07 Å². The topological polar surface area (TPSA) is 142 Å². The van der Waals surface area contributed by atoms with E-state index in [9.17, 15) is 19.1 Å². The number of nitrogens with zero attached hydrogens (tertiary/aromatic N) is 3. The molecule has 0 unspecified atom stereocenters. The summed E-state index contributed by atoms with van der Waals surface area (Å²) in [6, 6.07) is 2.14. The number of primary amides is 1. The van der Waals surface area contributed by atoms with Crippen LogP contribution in [0.5, 0.6) is 0 Å². The number of rotatable bonds is 6. The number of nitrogens with one attached hydrogen (secondary N) is 2. The number of aliphatic imine (C=N–C) groups is 1. The third-order valence-corrected chi connectivity index (χ3v) is 7.71. The van der Waals surface area contributed by atoms with Crippen LogP contribution in [0, 0.1) is 5.82 Å². The van der Waals surface area contributed by atoms with Gasteiger partial charge in [-0.2, -0.15) is 0 Å². The number of fused-ring (bicyclic) bond motifs is 2. The van der Waals surface area contributed by atoms with Crippen molar-refractivity contribution in [2.75, 3.05) is 19.8 Å². The predicted molar refractivity (Wildman–Crippen MR) is 131 cm³/mol. The Labute approximate surface area is 215 Å². The fraction of sp³-hybridized carbons (Fsp3) is 0.391. The maximum absolute atomic E-state index is 13.8. The Kier molecular flexibility index (Phi) is 6.93. The number of hydrogen-bond donors (Lipinski definition) is 4. The molecule has 0 spiro atoms. The van der Waals surface area contributed by atoms with Crippen molar-refractivity contribution in [3.05, 3.63) is 62.5 Å². The van der Waals surface area contributed by atoms with Gasteiger partial charge in [0.25, 0.3) is 0 Å². The van der Waals surface area contributed by atoms with Crippen molar-refractivity contribution in [3.8, 4) is 0 Å². The summed E-state index contributed by atoms with van der Waals surface area (Å²) in [4.78, 5) is 35.2. The van der Waals surface area contributed by atoms with Crippen molar-refractivity contribution in [3.63, 3.8) is 0 Å².